The third-order valence-corrected chi connectivity index (χ3v) is 2.39. The van der Waals surface area contributed by atoms with E-state index in [1.54, 1.807) is 4.68 Å². The lowest BCUT2D eigenvalue weighted by Gasteiger charge is -2.01. The molecule has 2 heterocycles. The van der Waals surface area contributed by atoms with Crippen LogP contribution in [0.2, 0.25) is 0 Å². The quantitative estimate of drug-likeness (QED) is 0.763. The first-order valence-corrected chi connectivity index (χ1v) is 4.97. The van der Waals surface area contributed by atoms with E-state index in [1.165, 1.54) is 0 Å². The van der Waals surface area contributed by atoms with Gasteiger partial charge >= 0.3 is 0 Å². The molecule has 5 heteroatoms. The molecule has 0 saturated heterocycles. The highest BCUT2D eigenvalue weighted by Gasteiger charge is 2.16. The van der Waals surface area contributed by atoms with Crippen LogP contribution in [0.5, 0.6) is 0 Å². The van der Waals surface area contributed by atoms with Gasteiger partial charge in [0, 0.05) is 7.05 Å². The number of hydrogen-bond donors (Lipinski definition) is 1. The topological polar surface area (TPSA) is 69.6 Å². The number of aromatic nitrogens is 4. The van der Waals surface area contributed by atoms with Gasteiger partial charge in [-0.2, -0.15) is 5.10 Å². The molecule has 0 aliphatic rings. The third kappa shape index (κ3) is 1.44. The zero-order chi connectivity index (χ0) is 11.2. The number of fused-ring (bicyclic) bond motifs is 1. The zero-order valence-corrected chi connectivity index (χ0v) is 9.44. The number of nitrogens with zero attached hydrogens (tertiary/aromatic N) is 4. The molecule has 0 aliphatic carbocycles. The molecule has 0 atom stereocenters. The van der Waals surface area contributed by atoms with Crippen LogP contribution in [0.3, 0.4) is 0 Å². The fraction of sp³-hybridized carbons (Fsp3) is 0.500. The smallest absolute Gasteiger partial charge is 0.153 e. The van der Waals surface area contributed by atoms with Crippen LogP contribution in [0.4, 0.5) is 5.82 Å². The van der Waals surface area contributed by atoms with Crippen molar-refractivity contribution in [3.8, 4) is 0 Å². The molecule has 80 valence electrons. The summed E-state index contributed by atoms with van der Waals surface area (Å²) in [6.07, 6.45) is 0. The summed E-state index contributed by atoms with van der Waals surface area (Å²) in [4.78, 5) is 8.55. The van der Waals surface area contributed by atoms with Gasteiger partial charge in [-0.3, -0.25) is 4.68 Å². The number of rotatable bonds is 1. The van der Waals surface area contributed by atoms with Gasteiger partial charge < -0.3 is 5.73 Å². The van der Waals surface area contributed by atoms with E-state index < -0.39 is 0 Å². The van der Waals surface area contributed by atoms with Gasteiger partial charge in [-0.25, -0.2) is 9.97 Å². The van der Waals surface area contributed by atoms with Crippen LogP contribution in [0.15, 0.2) is 0 Å². The van der Waals surface area contributed by atoms with Crippen LogP contribution in [0.1, 0.15) is 31.3 Å². The van der Waals surface area contributed by atoms with E-state index in [2.05, 4.69) is 28.9 Å². The molecule has 0 aromatic carbocycles. The Morgan fingerprint density at radius 1 is 1.27 bits per heavy atom. The second kappa shape index (κ2) is 3.18. The van der Waals surface area contributed by atoms with Crippen molar-refractivity contribution >= 4 is 16.9 Å². The highest BCUT2D eigenvalue weighted by atomic mass is 15.3. The molecule has 2 N–H and O–H groups in total. The van der Waals surface area contributed by atoms with Crippen LogP contribution < -0.4 is 5.73 Å². The van der Waals surface area contributed by atoms with Gasteiger partial charge in [-0.1, -0.05) is 13.8 Å². The van der Waals surface area contributed by atoms with E-state index in [0.717, 1.165) is 16.7 Å². The summed E-state index contributed by atoms with van der Waals surface area (Å²) < 4.78 is 1.75. The van der Waals surface area contributed by atoms with Gasteiger partial charge in [0.15, 0.2) is 5.82 Å². The first-order valence-electron chi connectivity index (χ1n) is 4.97. The first kappa shape index (κ1) is 9.89. The molecule has 2 aromatic heterocycles. The first-order chi connectivity index (χ1) is 7.00. The minimum Gasteiger partial charge on any atom is -0.382 e. The fourth-order valence-electron chi connectivity index (χ4n) is 1.73. The number of hydrogen-bond acceptors (Lipinski definition) is 4. The maximum atomic E-state index is 5.86. The molecule has 0 unspecified atom stereocenters. The van der Waals surface area contributed by atoms with Crippen LogP contribution in [0, 0.1) is 6.92 Å². The highest BCUT2D eigenvalue weighted by Crippen LogP contribution is 2.25. The van der Waals surface area contributed by atoms with Gasteiger partial charge in [0.05, 0.1) is 5.69 Å². The summed E-state index contributed by atoms with van der Waals surface area (Å²) in [5.74, 6) is 1.52. The van der Waals surface area contributed by atoms with Crippen LogP contribution >= 0.6 is 0 Å². The molecule has 2 aromatic rings. The molecule has 0 fully saturated rings. The highest BCUT2D eigenvalue weighted by molar-refractivity contribution is 5.86. The maximum absolute atomic E-state index is 5.86. The van der Waals surface area contributed by atoms with E-state index in [0.29, 0.717) is 17.6 Å². The van der Waals surface area contributed by atoms with E-state index in [4.69, 9.17) is 5.73 Å². The molecule has 0 spiro atoms. The second-order valence-electron chi connectivity index (χ2n) is 4.02. The standard InChI is InChI=1S/C10H15N5/c1-5(2)7-8-9(15(4)14-7)10(11)13-6(3)12-8/h5H,1-4H3,(H2,11,12,13). The minimum atomic E-state index is 0.336. The van der Waals surface area contributed by atoms with Crippen LogP contribution in [0.25, 0.3) is 11.0 Å². The molecule has 0 aliphatic heterocycles. The molecule has 5 nitrogen and oxygen atoms in total. The lowest BCUT2D eigenvalue weighted by Crippen LogP contribution is -2.00. The monoisotopic (exact) mass is 205 g/mol. The summed E-state index contributed by atoms with van der Waals surface area (Å²) in [7, 11) is 1.86. The second-order valence-corrected chi connectivity index (χ2v) is 4.02. The van der Waals surface area contributed by atoms with E-state index in [1.807, 2.05) is 14.0 Å². The van der Waals surface area contributed by atoms with Crippen molar-refractivity contribution < 1.29 is 0 Å². The third-order valence-electron chi connectivity index (χ3n) is 2.39. The number of anilines is 1. The number of aryl methyl sites for hydroxylation is 2. The Labute approximate surface area is 88.3 Å². The van der Waals surface area contributed by atoms with Crippen molar-refractivity contribution in [2.24, 2.45) is 7.05 Å². The Morgan fingerprint density at radius 2 is 1.93 bits per heavy atom. The van der Waals surface area contributed by atoms with Gasteiger partial charge in [-0.05, 0) is 12.8 Å². The fourth-order valence-corrected chi connectivity index (χ4v) is 1.73. The predicted octanol–water partition coefficient (Wildman–Crippen LogP) is 1.38. The molecular formula is C10H15N5. The van der Waals surface area contributed by atoms with E-state index in [-0.39, 0.29) is 0 Å². The lowest BCUT2D eigenvalue weighted by atomic mass is 10.1. The summed E-state index contributed by atoms with van der Waals surface area (Å²) >= 11 is 0. The van der Waals surface area contributed by atoms with Crippen molar-refractivity contribution in [2.45, 2.75) is 26.7 Å². The van der Waals surface area contributed by atoms with Gasteiger partial charge in [0.25, 0.3) is 0 Å². The van der Waals surface area contributed by atoms with Crippen molar-refractivity contribution in [3.63, 3.8) is 0 Å². The molecule has 15 heavy (non-hydrogen) atoms. The van der Waals surface area contributed by atoms with Crippen molar-refractivity contribution in [2.75, 3.05) is 5.73 Å². The summed E-state index contributed by atoms with van der Waals surface area (Å²) in [6, 6.07) is 0. The Kier molecular flexibility index (Phi) is 2.10. The van der Waals surface area contributed by atoms with Crippen LogP contribution in [-0.2, 0) is 7.05 Å². The Balaban J connectivity index is 2.87. The number of nitrogen functional groups attached to an aromatic ring is 1. The normalized spacial score (nSPS) is 11.5. The lowest BCUT2D eigenvalue weighted by molar-refractivity contribution is 0.728. The maximum Gasteiger partial charge on any atom is 0.153 e. The van der Waals surface area contributed by atoms with E-state index in [9.17, 15) is 0 Å². The van der Waals surface area contributed by atoms with Crippen molar-refractivity contribution in [1.29, 1.82) is 0 Å². The van der Waals surface area contributed by atoms with Crippen molar-refractivity contribution in [1.82, 2.24) is 19.7 Å². The average molecular weight is 205 g/mol. The Hall–Kier alpha value is -1.65. The summed E-state index contributed by atoms with van der Waals surface area (Å²) in [5, 5.41) is 4.43. The summed E-state index contributed by atoms with van der Waals surface area (Å²) in [6.45, 7) is 6.03. The van der Waals surface area contributed by atoms with Gasteiger partial charge in [0.1, 0.15) is 16.9 Å². The van der Waals surface area contributed by atoms with Gasteiger partial charge in [0.2, 0.25) is 0 Å². The molecule has 0 saturated carbocycles. The van der Waals surface area contributed by atoms with Crippen molar-refractivity contribution in [3.05, 3.63) is 11.5 Å². The largest absolute Gasteiger partial charge is 0.382 e. The number of nitrogens with two attached hydrogens (primary N) is 1. The molecule has 0 bridgehead atoms. The SMILES string of the molecule is Cc1nc(N)c2c(n1)c(C(C)C)nn2C. The predicted molar refractivity (Wildman–Crippen MR) is 59.5 cm³/mol. The molecular weight excluding hydrogens is 190 g/mol. The molecule has 2 rings (SSSR count). The Bertz CT molecular complexity index is 512. The van der Waals surface area contributed by atoms with E-state index >= 15 is 0 Å². The Morgan fingerprint density at radius 3 is 2.53 bits per heavy atom. The molecule has 0 radical (unpaired) electrons. The van der Waals surface area contributed by atoms with Crippen LogP contribution in [-0.4, -0.2) is 19.7 Å². The summed E-state index contributed by atoms with van der Waals surface area (Å²) in [5.41, 5.74) is 8.53. The average Bonchev–Trinajstić information content (AvgIpc) is 2.42. The van der Waals surface area contributed by atoms with Gasteiger partial charge in [-0.15, -0.1) is 0 Å². The zero-order valence-electron chi connectivity index (χ0n) is 9.44. The minimum absolute atomic E-state index is 0.336. The molecule has 0 amide bonds.